The van der Waals surface area contributed by atoms with Crippen molar-refractivity contribution in [2.75, 3.05) is 33.1 Å². The van der Waals surface area contributed by atoms with Crippen molar-refractivity contribution < 1.29 is 22.7 Å². The number of hydrogen-bond acceptors (Lipinski definition) is 6. The Hall–Kier alpha value is -2.62. The fourth-order valence-corrected chi connectivity index (χ4v) is 3.23. The van der Waals surface area contributed by atoms with E-state index < -0.39 is 10.0 Å². The fraction of sp³-hybridized carbons (Fsp3) is 0.350. The number of amides is 1. The zero-order valence-electron chi connectivity index (χ0n) is 17.0. The molecule has 0 aliphatic carbocycles. The summed E-state index contributed by atoms with van der Waals surface area (Å²) in [5.74, 6) is 1.15. The zero-order valence-corrected chi connectivity index (χ0v) is 17.8. The summed E-state index contributed by atoms with van der Waals surface area (Å²) in [6.45, 7) is 2.47. The van der Waals surface area contributed by atoms with Gasteiger partial charge in [0.2, 0.25) is 15.9 Å². The maximum Gasteiger partial charge on any atom is 0.241 e. The first-order valence-electron chi connectivity index (χ1n) is 9.00. The van der Waals surface area contributed by atoms with E-state index in [4.69, 9.17) is 14.6 Å². The molecule has 0 spiro atoms. The van der Waals surface area contributed by atoms with Gasteiger partial charge in [0.15, 0.2) is 11.5 Å². The molecule has 2 aromatic rings. The van der Waals surface area contributed by atoms with Crippen LogP contribution in [0.25, 0.3) is 0 Å². The summed E-state index contributed by atoms with van der Waals surface area (Å²) in [7, 11) is 1.30. The third-order valence-corrected chi connectivity index (χ3v) is 5.62. The number of benzene rings is 2. The molecule has 1 amide bonds. The number of methoxy groups -OCH3 is 2. The van der Waals surface area contributed by atoms with Crippen LogP contribution in [-0.4, -0.2) is 53.1 Å². The molecule has 0 aliphatic rings. The maximum atomic E-state index is 12.5. The summed E-state index contributed by atoms with van der Waals surface area (Å²) in [6.07, 6.45) is 0.734. The Morgan fingerprint density at radius 2 is 1.72 bits per heavy atom. The van der Waals surface area contributed by atoms with Crippen molar-refractivity contribution in [1.82, 2.24) is 4.90 Å². The molecular formula is C20H27N3O5S. The summed E-state index contributed by atoms with van der Waals surface area (Å²) < 4.78 is 33.2. The highest BCUT2D eigenvalue weighted by Crippen LogP contribution is 2.27. The van der Waals surface area contributed by atoms with Gasteiger partial charge < -0.3 is 14.8 Å². The Labute approximate surface area is 171 Å². The molecular weight excluding hydrogens is 394 g/mol. The molecule has 0 heterocycles. The third-order valence-electron chi connectivity index (χ3n) is 4.69. The molecule has 0 saturated carbocycles. The molecule has 3 N–H and O–H groups in total. The van der Waals surface area contributed by atoms with Crippen molar-refractivity contribution >= 4 is 21.6 Å². The number of primary sulfonamides is 1. The summed E-state index contributed by atoms with van der Waals surface area (Å²) in [5, 5.41) is 7.86. The minimum atomic E-state index is -3.76. The van der Waals surface area contributed by atoms with Crippen LogP contribution in [0.5, 0.6) is 11.5 Å². The van der Waals surface area contributed by atoms with Gasteiger partial charge in [0.1, 0.15) is 0 Å². The highest BCUT2D eigenvalue weighted by Gasteiger charge is 2.18. The molecule has 0 radical (unpaired) electrons. The average molecular weight is 422 g/mol. The number of carbonyl (C=O) groups excluding carboxylic acids is 1. The molecule has 9 heteroatoms. The van der Waals surface area contributed by atoms with Gasteiger partial charge in [-0.1, -0.05) is 6.07 Å². The topological polar surface area (TPSA) is 111 Å². The van der Waals surface area contributed by atoms with Crippen LogP contribution in [0, 0.1) is 0 Å². The Bertz CT molecular complexity index is 945. The minimum absolute atomic E-state index is 0.00409. The molecule has 0 aromatic heterocycles. The third kappa shape index (κ3) is 6.18. The predicted octanol–water partition coefficient (Wildman–Crippen LogP) is 1.85. The molecule has 0 aliphatic heterocycles. The molecule has 0 unspecified atom stereocenters. The smallest absolute Gasteiger partial charge is 0.241 e. The van der Waals surface area contributed by atoms with Crippen molar-refractivity contribution in [3.05, 3.63) is 48.0 Å². The van der Waals surface area contributed by atoms with E-state index in [1.54, 1.807) is 14.2 Å². The van der Waals surface area contributed by atoms with E-state index in [9.17, 15) is 13.2 Å². The SMILES string of the molecule is COc1ccc(CCN(C)[C@@H](C)C(=O)Nc2ccc(S(N)(=O)=O)cc2)cc1OC. The van der Waals surface area contributed by atoms with Crippen LogP contribution in [0.4, 0.5) is 5.69 Å². The van der Waals surface area contributed by atoms with Gasteiger partial charge in [0, 0.05) is 12.2 Å². The van der Waals surface area contributed by atoms with E-state index in [-0.39, 0.29) is 16.8 Å². The quantitative estimate of drug-likeness (QED) is 0.639. The lowest BCUT2D eigenvalue weighted by Gasteiger charge is -2.24. The van der Waals surface area contributed by atoms with E-state index in [0.717, 1.165) is 12.0 Å². The van der Waals surface area contributed by atoms with Crippen LogP contribution in [0.3, 0.4) is 0 Å². The average Bonchev–Trinajstić information content (AvgIpc) is 2.70. The normalized spacial score (nSPS) is 12.5. The zero-order chi connectivity index (χ0) is 21.6. The van der Waals surface area contributed by atoms with Gasteiger partial charge in [-0.05, 0) is 62.4 Å². The van der Waals surface area contributed by atoms with Gasteiger partial charge >= 0.3 is 0 Å². The number of rotatable bonds is 9. The summed E-state index contributed by atoms with van der Waals surface area (Å²) in [4.78, 5) is 14.4. The molecule has 29 heavy (non-hydrogen) atoms. The predicted molar refractivity (Wildman–Crippen MR) is 112 cm³/mol. The molecule has 0 fully saturated rings. The van der Waals surface area contributed by atoms with Crippen LogP contribution in [0.1, 0.15) is 12.5 Å². The van der Waals surface area contributed by atoms with E-state index in [0.29, 0.717) is 23.7 Å². The van der Waals surface area contributed by atoms with Gasteiger partial charge in [-0.15, -0.1) is 0 Å². The number of anilines is 1. The lowest BCUT2D eigenvalue weighted by Crippen LogP contribution is -2.40. The highest BCUT2D eigenvalue weighted by atomic mass is 32.2. The van der Waals surface area contributed by atoms with Gasteiger partial charge in [0.05, 0.1) is 25.2 Å². The first-order chi connectivity index (χ1) is 13.7. The van der Waals surface area contributed by atoms with Gasteiger partial charge in [-0.3, -0.25) is 9.69 Å². The molecule has 2 aromatic carbocycles. The van der Waals surface area contributed by atoms with E-state index in [2.05, 4.69) is 5.32 Å². The molecule has 0 saturated heterocycles. The number of sulfonamides is 1. The minimum Gasteiger partial charge on any atom is -0.493 e. The second-order valence-electron chi connectivity index (χ2n) is 6.65. The highest BCUT2D eigenvalue weighted by molar-refractivity contribution is 7.89. The maximum absolute atomic E-state index is 12.5. The second kappa shape index (κ2) is 9.73. The molecule has 2 rings (SSSR count). The van der Waals surface area contributed by atoms with Gasteiger partial charge in [0.25, 0.3) is 0 Å². The summed E-state index contributed by atoms with van der Waals surface area (Å²) >= 11 is 0. The number of hydrogen-bond donors (Lipinski definition) is 2. The van der Waals surface area contributed by atoms with Gasteiger partial charge in [-0.2, -0.15) is 0 Å². The van der Waals surface area contributed by atoms with E-state index in [1.807, 2.05) is 37.1 Å². The standard InChI is InChI=1S/C20H27N3O5S/c1-14(20(24)22-16-6-8-17(9-7-16)29(21,25)26)23(2)12-11-15-5-10-18(27-3)19(13-15)28-4/h5-10,13-14H,11-12H2,1-4H3,(H,22,24)(H2,21,25,26)/t14-/m0/s1. The Kier molecular flexibility index (Phi) is 7.60. The number of carbonyl (C=O) groups is 1. The summed E-state index contributed by atoms with van der Waals surface area (Å²) in [5.41, 5.74) is 1.57. The Balaban J connectivity index is 1.93. The molecule has 0 bridgehead atoms. The Morgan fingerprint density at radius 3 is 2.28 bits per heavy atom. The number of ether oxygens (including phenoxy) is 2. The molecule has 8 nitrogen and oxygen atoms in total. The molecule has 1 atom stereocenters. The van der Waals surface area contributed by atoms with Crippen molar-refractivity contribution in [3.63, 3.8) is 0 Å². The van der Waals surface area contributed by atoms with Crippen molar-refractivity contribution in [1.29, 1.82) is 0 Å². The van der Waals surface area contributed by atoms with Crippen molar-refractivity contribution in [3.8, 4) is 11.5 Å². The number of nitrogens with two attached hydrogens (primary N) is 1. The monoisotopic (exact) mass is 421 g/mol. The van der Waals surface area contributed by atoms with Gasteiger partial charge in [-0.25, -0.2) is 13.6 Å². The Morgan fingerprint density at radius 1 is 1.10 bits per heavy atom. The van der Waals surface area contributed by atoms with Crippen LogP contribution in [0.2, 0.25) is 0 Å². The fourth-order valence-electron chi connectivity index (χ4n) is 2.71. The largest absolute Gasteiger partial charge is 0.493 e. The van der Waals surface area contributed by atoms with Crippen LogP contribution >= 0.6 is 0 Å². The number of nitrogens with zero attached hydrogens (tertiary/aromatic N) is 1. The van der Waals surface area contributed by atoms with Crippen molar-refractivity contribution in [2.45, 2.75) is 24.3 Å². The van der Waals surface area contributed by atoms with Crippen LogP contribution in [-0.2, 0) is 21.2 Å². The number of likely N-dealkylation sites (N-methyl/N-ethyl adjacent to an activating group) is 1. The van der Waals surface area contributed by atoms with Crippen LogP contribution in [0.15, 0.2) is 47.4 Å². The lowest BCUT2D eigenvalue weighted by atomic mass is 10.1. The van der Waals surface area contributed by atoms with Crippen LogP contribution < -0.4 is 19.9 Å². The second-order valence-corrected chi connectivity index (χ2v) is 8.22. The summed E-state index contributed by atoms with van der Waals surface area (Å²) in [6, 6.07) is 11.1. The first kappa shape index (κ1) is 22.7. The first-order valence-corrected chi connectivity index (χ1v) is 10.5. The van der Waals surface area contributed by atoms with E-state index in [1.165, 1.54) is 24.3 Å². The van der Waals surface area contributed by atoms with Crippen molar-refractivity contribution in [2.24, 2.45) is 5.14 Å². The van der Waals surface area contributed by atoms with E-state index >= 15 is 0 Å². The number of nitrogens with one attached hydrogen (secondary N) is 1. The lowest BCUT2D eigenvalue weighted by molar-refractivity contribution is -0.120. The molecule has 158 valence electrons.